The smallest absolute Gasteiger partial charge is 0.255 e. The number of carbonyl (C=O) groups is 2. The number of nitrogens with one attached hydrogen (secondary N) is 4. The van der Waals surface area contributed by atoms with Crippen LogP contribution in [0.2, 0.25) is 10.2 Å². The molecule has 0 fully saturated rings. The lowest BCUT2D eigenvalue weighted by Crippen LogP contribution is -2.31. The summed E-state index contributed by atoms with van der Waals surface area (Å²) in [5.74, 6) is 0.442. The summed E-state index contributed by atoms with van der Waals surface area (Å²) >= 11 is 12.9. The van der Waals surface area contributed by atoms with E-state index >= 15 is 0 Å². The standard InChI is InChI=1S/C34H29Cl2N7O2/c35-23-13-15-25(34(45)38-24-9-5-2-6-10-24)21(18-23)12-16-29(44)39-28(17-20-7-3-1-4-8-20)33-40-30(31(36)41-33)22-11-14-26-27(19-22)42-43-32(26)37/h1-11,13-15,18-19,28H,12,16-17H2,(H,38,45)(H,39,44)(H,40,41)(H3,37,42,43)/t28-/m0/s1. The van der Waals surface area contributed by atoms with Gasteiger partial charge in [0.1, 0.15) is 16.7 Å². The molecular formula is C34H29Cl2N7O2. The van der Waals surface area contributed by atoms with E-state index in [9.17, 15) is 9.59 Å². The predicted octanol–water partition coefficient (Wildman–Crippen LogP) is 7.13. The number of nitrogens with zero attached hydrogens (tertiary/aromatic N) is 2. The largest absolute Gasteiger partial charge is 0.382 e. The highest BCUT2D eigenvalue weighted by Gasteiger charge is 2.22. The number of imidazole rings is 1. The molecule has 11 heteroatoms. The van der Waals surface area contributed by atoms with Crippen molar-refractivity contribution in [3.8, 4) is 11.3 Å². The summed E-state index contributed by atoms with van der Waals surface area (Å²) in [5, 5.41) is 14.6. The maximum Gasteiger partial charge on any atom is 0.255 e. The van der Waals surface area contributed by atoms with Gasteiger partial charge >= 0.3 is 0 Å². The molecule has 6 N–H and O–H groups in total. The monoisotopic (exact) mass is 637 g/mol. The SMILES string of the molecule is Nc1n[nH]c2cc(-c3nc([C@H](Cc4ccccc4)NC(=O)CCc4cc(Cl)ccc4C(=O)Nc4ccccc4)[nH]c3Cl)ccc12. The summed E-state index contributed by atoms with van der Waals surface area (Å²) in [7, 11) is 0. The quantitative estimate of drug-likeness (QED) is 0.109. The second-order valence-corrected chi connectivity index (χ2v) is 11.4. The summed E-state index contributed by atoms with van der Waals surface area (Å²) in [6, 6.07) is 29.2. The number of halogens is 2. The van der Waals surface area contributed by atoms with E-state index in [1.54, 1.807) is 18.2 Å². The van der Waals surface area contributed by atoms with E-state index in [4.69, 9.17) is 33.9 Å². The molecule has 45 heavy (non-hydrogen) atoms. The molecule has 0 radical (unpaired) electrons. The van der Waals surface area contributed by atoms with E-state index in [0.717, 1.165) is 22.0 Å². The number of rotatable bonds is 10. The van der Waals surface area contributed by atoms with Crippen molar-refractivity contribution in [1.29, 1.82) is 0 Å². The molecule has 0 unspecified atom stereocenters. The highest BCUT2D eigenvalue weighted by Crippen LogP contribution is 2.31. The number of fused-ring (bicyclic) bond motifs is 1. The Kier molecular flexibility index (Phi) is 8.81. The Morgan fingerprint density at radius 2 is 1.67 bits per heavy atom. The van der Waals surface area contributed by atoms with Crippen LogP contribution >= 0.6 is 23.2 Å². The van der Waals surface area contributed by atoms with Crippen molar-refractivity contribution in [3.05, 3.63) is 130 Å². The number of H-pyrrole nitrogens is 2. The second-order valence-electron chi connectivity index (χ2n) is 10.6. The van der Waals surface area contributed by atoms with Crippen molar-refractivity contribution in [1.82, 2.24) is 25.5 Å². The minimum absolute atomic E-state index is 0.121. The molecular weight excluding hydrogens is 609 g/mol. The van der Waals surface area contributed by atoms with Gasteiger partial charge in [-0.3, -0.25) is 14.7 Å². The van der Waals surface area contributed by atoms with Crippen LogP contribution in [0.15, 0.2) is 97.1 Å². The molecule has 2 heterocycles. The Balaban J connectivity index is 1.21. The van der Waals surface area contributed by atoms with Gasteiger partial charge in [-0.05, 0) is 66.4 Å². The van der Waals surface area contributed by atoms with Gasteiger partial charge in [0.15, 0.2) is 5.82 Å². The molecule has 0 aliphatic heterocycles. The van der Waals surface area contributed by atoms with Gasteiger partial charge in [0.05, 0.1) is 11.6 Å². The van der Waals surface area contributed by atoms with E-state index < -0.39 is 6.04 Å². The number of hydrogen-bond donors (Lipinski definition) is 5. The lowest BCUT2D eigenvalue weighted by molar-refractivity contribution is -0.121. The van der Waals surface area contributed by atoms with E-state index in [1.807, 2.05) is 78.9 Å². The lowest BCUT2D eigenvalue weighted by Gasteiger charge is -2.17. The number of aromatic amines is 2. The average molecular weight is 639 g/mol. The Labute approximate surface area is 269 Å². The molecule has 9 nitrogen and oxygen atoms in total. The molecule has 4 aromatic carbocycles. The van der Waals surface area contributed by atoms with Crippen LogP contribution < -0.4 is 16.4 Å². The van der Waals surface area contributed by atoms with Crippen LogP contribution in [0.3, 0.4) is 0 Å². The molecule has 2 aromatic heterocycles. The number of benzene rings is 4. The fourth-order valence-electron chi connectivity index (χ4n) is 5.20. The van der Waals surface area contributed by atoms with E-state index in [-0.39, 0.29) is 18.2 Å². The normalized spacial score (nSPS) is 11.8. The van der Waals surface area contributed by atoms with E-state index in [2.05, 4.69) is 25.8 Å². The third-order valence-corrected chi connectivity index (χ3v) is 7.97. The Morgan fingerprint density at radius 1 is 0.911 bits per heavy atom. The van der Waals surface area contributed by atoms with Gasteiger partial charge in [-0.2, -0.15) is 5.10 Å². The van der Waals surface area contributed by atoms with Crippen molar-refractivity contribution in [3.63, 3.8) is 0 Å². The van der Waals surface area contributed by atoms with Gasteiger partial charge in [-0.1, -0.05) is 77.8 Å². The topological polar surface area (TPSA) is 142 Å². The first-order chi connectivity index (χ1) is 21.8. The molecule has 6 rings (SSSR count). The number of aromatic nitrogens is 4. The predicted molar refractivity (Wildman–Crippen MR) is 178 cm³/mol. The zero-order valence-electron chi connectivity index (χ0n) is 24.0. The fraction of sp³-hybridized carbons (Fsp3) is 0.118. The third-order valence-electron chi connectivity index (χ3n) is 7.46. The van der Waals surface area contributed by atoms with Crippen LogP contribution in [0, 0.1) is 0 Å². The fourth-order valence-corrected chi connectivity index (χ4v) is 5.65. The first-order valence-corrected chi connectivity index (χ1v) is 15.1. The van der Waals surface area contributed by atoms with Gasteiger partial charge in [0, 0.05) is 33.6 Å². The minimum atomic E-state index is -0.502. The van der Waals surface area contributed by atoms with Crippen molar-refractivity contribution in [2.24, 2.45) is 0 Å². The van der Waals surface area contributed by atoms with E-state index in [1.165, 1.54) is 0 Å². The van der Waals surface area contributed by atoms with Crippen molar-refractivity contribution >= 4 is 57.4 Å². The van der Waals surface area contributed by atoms with Gasteiger partial charge in [0.2, 0.25) is 5.91 Å². The van der Waals surface area contributed by atoms with Crippen LogP contribution in [0.5, 0.6) is 0 Å². The number of carbonyl (C=O) groups excluding carboxylic acids is 2. The molecule has 0 spiro atoms. The number of amides is 2. The molecule has 6 aromatic rings. The first kappa shape index (κ1) is 29.9. The number of nitrogens with two attached hydrogens (primary N) is 1. The molecule has 0 saturated carbocycles. The molecule has 0 saturated heterocycles. The molecule has 1 atom stereocenters. The van der Waals surface area contributed by atoms with Crippen LogP contribution in [-0.2, 0) is 17.6 Å². The Bertz CT molecular complexity index is 1970. The molecule has 0 aliphatic rings. The number of anilines is 2. The summed E-state index contributed by atoms with van der Waals surface area (Å²) < 4.78 is 0. The zero-order chi connectivity index (χ0) is 31.3. The Hall–Kier alpha value is -5.12. The van der Waals surface area contributed by atoms with Gasteiger partial charge in [0.25, 0.3) is 5.91 Å². The highest BCUT2D eigenvalue weighted by molar-refractivity contribution is 6.32. The summed E-state index contributed by atoms with van der Waals surface area (Å²) in [6.07, 6.45) is 0.907. The van der Waals surface area contributed by atoms with Gasteiger partial charge < -0.3 is 21.4 Å². The maximum atomic E-state index is 13.4. The van der Waals surface area contributed by atoms with E-state index in [0.29, 0.717) is 57.2 Å². The number of nitrogen functional groups attached to an aromatic ring is 1. The minimum Gasteiger partial charge on any atom is -0.382 e. The number of aryl methyl sites for hydroxylation is 1. The molecule has 2 amide bonds. The highest BCUT2D eigenvalue weighted by atomic mass is 35.5. The molecule has 226 valence electrons. The summed E-state index contributed by atoms with van der Waals surface area (Å²) in [4.78, 5) is 34.5. The molecule has 0 aliphatic carbocycles. The molecule has 0 bridgehead atoms. The van der Waals surface area contributed by atoms with Gasteiger partial charge in [-0.25, -0.2) is 4.98 Å². The van der Waals surface area contributed by atoms with Crippen LogP contribution in [0.25, 0.3) is 22.2 Å². The van der Waals surface area contributed by atoms with Crippen molar-refractivity contribution in [2.45, 2.75) is 25.3 Å². The second kappa shape index (κ2) is 13.3. The van der Waals surface area contributed by atoms with Crippen molar-refractivity contribution < 1.29 is 9.59 Å². The van der Waals surface area contributed by atoms with Crippen LogP contribution in [0.1, 0.15) is 39.8 Å². The van der Waals surface area contributed by atoms with Crippen LogP contribution in [-0.4, -0.2) is 32.0 Å². The maximum absolute atomic E-state index is 13.4. The van der Waals surface area contributed by atoms with Crippen molar-refractivity contribution in [2.75, 3.05) is 11.1 Å². The zero-order valence-corrected chi connectivity index (χ0v) is 25.5. The Morgan fingerprint density at radius 3 is 2.44 bits per heavy atom. The lowest BCUT2D eigenvalue weighted by atomic mass is 10.0. The van der Waals surface area contributed by atoms with Gasteiger partial charge in [-0.15, -0.1) is 0 Å². The summed E-state index contributed by atoms with van der Waals surface area (Å²) in [5.41, 5.74) is 10.8. The first-order valence-electron chi connectivity index (χ1n) is 14.3. The third kappa shape index (κ3) is 7.01. The van der Waals surface area contributed by atoms with Crippen LogP contribution in [0.4, 0.5) is 11.5 Å². The number of para-hydroxylation sites is 1. The average Bonchev–Trinajstić information content (AvgIpc) is 3.62. The number of hydrogen-bond acceptors (Lipinski definition) is 5. The summed E-state index contributed by atoms with van der Waals surface area (Å²) in [6.45, 7) is 0.